The summed E-state index contributed by atoms with van der Waals surface area (Å²) in [7, 11) is -3.67. The summed E-state index contributed by atoms with van der Waals surface area (Å²) in [6, 6.07) is 13.9. The Kier molecular flexibility index (Phi) is 7.83. The van der Waals surface area contributed by atoms with Gasteiger partial charge in [0.25, 0.3) is 11.7 Å². The van der Waals surface area contributed by atoms with E-state index in [9.17, 15) is 13.2 Å². The molecule has 0 bridgehead atoms. The number of ether oxygens (including phenoxy) is 2. The molecule has 2 aromatic carbocycles. The van der Waals surface area contributed by atoms with Crippen molar-refractivity contribution in [1.82, 2.24) is 4.90 Å². The highest BCUT2D eigenvalue weighted by Gasteiger charge is 2.53. The van der Waals surface area contributed by atoms with E-state index < -0.39 is 20.9 Å². The molecule has 0 aromatic heterocycles. The second kappa shape index (κ2) is 10.7. The van der Waals surface area contributed by atoms with E-state index in [1.807, 2.05) is 49.4 Å². The van der Waals surface area contributed by atoms with Crippen LogP contribution in [0.4, 0.5) is 0 Å². The molecular weight excluding hydrogens is 474 g/mol. The fourth-order valence-corrected chi connectivity index (χ4v) is 6.03. The number of benzene rings is 2. The van der Waals surface area contributed by atoms with Gasteiger partial charge in [0.05, 0.1) is 23.4 Å². The van der Waals surface area contributed by atoms with Crippen molar-refractivity contribution in [2.45, 2.75) is 57.5 Å². The van der Waals surface area contributed by atoms with Gasteiger partial charge in [0.15, 0.2) is 9.84 Å². The lowest BCUT2D eigenvalue weighted by atomic mass is 10.0. The van der Waals surface area contributed by atoms with Gasteiger partial charge in [-0.3, -0.25) is 4.79 Å². The van der Waals surface area contributed by atoms with Gasteiger partial charge in [0, 0.05) is 17.8 Å². The Balaban J connectivity index is 1.57. The zero-order chi connectivity index (χ0) is 25.9. The summed E-state index contributed by atoms with van der Waals surface area (Å²) in [5, 5.41) is 1.48. The number of carbonyl (C=O) groups is 1. The van der Waals surface area contributed by atoms with Crippen molar-refractivity contribution in [2.75, 3.05) is 19.8 Å². The van der Waals surface area contributed by atoms with Crippen LogP contribution in [-0.2, 0) is 30.5 Å². The molecule has 1 unspecified atom stereocenters. The molecule has 2 aliphatic heterocycles. The van der Waals surface area contributed by atoms with Crippen molar-refractivity contribution in [2.24, 2.45) is 0 Å². The Morgan fingerprint density at radius 2 is 1.86 bits per heavy atom. The number of carbonyl (C=O) groups excluding carboxylic acids is 1. The van der Waals surface area contributed by atoms with Crippen molar-refractivity contribution in [1.29, 1.82) is 0 Å². The number of nitrogens with zero attached hydrogens (tertiary/aromatic N) is 1. The normalized spacial score (nSPS) is 19.1. The standard InChI is InChI=1S/C29H35NO5S/c1-5-6-17-30-27(23(4)29(28(30)31)34-18-10-19-35-29)16-15-21(2)36(32,33)22(3)20-25-13-9-12-24-11-7-8-14-26(24)25/h7-9,11-16,22H,2,5-6,10,17-20H2,1,3-4H3. The van der Waals surface area contributed by atoms with E-state index >= 15 is 0 Å². The lowest BCUT2D eigenvalue weighted by molar-refractivity contribution is -0.235. The van der Waals surface area contributed by atoms with Gasteiger partial charge in [0.2, 0.25) is 0 Å². The minimum Gasteiger partial charge on any atom is -0.339 e. The van der Waals surface area contributed by atoms with Crippen molar-refractivity contribution >= 4 is 26.5 Å². The quantitative estimate of drug-likeness (QED) is 0.429. The summed E-state index contributed by atoms with van der Waals surface area (Å²) in [6.45, 7) is 10.9. The molecule has 1 saturated heterocycles. The molecule has 2 aromatic rings. The predicted octanol–water partition coefficient (Wildman–Crippen LogP) is 5.31. The molecule has 4 rings (SSSR count). The molecule has 7 heteroatoms. The first-order chi connectivity index (χ1) is 17.2. The molecule has 192 valence electrons. The molecule has 2 aliphatic rings. The predicted molar refractivity (Wildman–Crippen MR) is 143 cm³/mol. The van der Waals surface area contributed by atoms with Crippen LogP contribution in [0.2, 0.25) is 0 Å². The third-order valence-corrected chi connectivity index (χ3v) is 9.13. The minimum absolute atomic E-state index is 0.0184. The van der Waals surface area contributed by atoms with Crippen molar-refractivity contribution in [3.8, 4) is 0 Å². The highest BCUT2D eigenvalue weighted by atomic mass is 32.2. The van der Waals surface area contributed by atoms with Gasteiger partial charge >= 0.3 is 0 Å². The number of unbranched alkanes of at least 4 members (excludes halogenated alkanes) is 1. The Hall–Kier alpha value is -2.74. The average molecular weight is 510 g/mol. The Morgan fingerprint density at radius 1 is 1.17 bits per heavy atom. The molecule has 0 saturated carbocycles. The van der Waals surface area contributed by atoms with Crippen LogP contribution >= 0.6 is 0 Å². The molecule has 1 fully saturated rings. The van der Waals surface area contributed by atoms with E-state index in [2.05, 4.69) is 13.5 Å². The third-order valence-electron chi connectivity index (χ3n) is 7.04. The van der Waals surface area contributed by atoms with Gasteiger partial charge < -0.3 is 14.4 Å². The first kappa shape index (κ1) is 26.3. The maximum atomic E-state index is 13.4. The van der Waals surface area contributed by atoms with Gasteiger partial charge in [-0.1, -0.05) is 62.4 Å². The topological polar surface area (TPSA) is 72.9 Å². The maximum absolute atomic E-state index is 13.4. The molecule has 0 radical (unpaired) electrons. The van der Waals surface area contributed by atoms with Gasteiger partial charge in [-0.2, -0.15) is 0 Å². The summed E-state index contributed by atoms with van der Waals surface area (Å²) < 4.78 is 38.5. The second-order valence-electron chi connectivity index (χ2n) is 9.49. The number of rotatable bonds is 9. The summed E-state index contributed by atoms with van der Waals surface area (Å²) in [6.07, 6.45) is 6.01. The largest absolute Gasteiger partial charge is 0.339 e. The fourth-order valence-electron chi connectivity index (χ4n) is 4.86. The van der Waals surface area contributed by atoms with Crippen LogP contribution in [0.15, 0.2) is 77.4 Å². The summed E-state index contributed by atoms with van der Waals surface area (Å²) in [4.78, 5) is 15.0. The van der Waals surface area contributed by atoms with Gasteiger partial charge in [-0.15, -0.1) is 0 Å². The smallest absolute Gasteiger partial charge is 0.292 e. The maximum Gasteiger partial charge on any atom is 0.292 e. The summed E-state index contributed by atoms with van der Waals surface area (Å²) >= 11 is 0. The number of hydrogen-bond acceptors (Lipinski definition) is 5. The fraction of sp³-hybridized carbons (Fsp3) is 0.414. The molecule has 1 spiro atoms. The Morgan fingerprint density at radius 3 is 2.58 bits per heavy atom. The molecule has 0 aliphatic carbocycles. The van der Waals surface area contributed by atoms with Gasteiger partial charge in [-0.25, -0.2) is 8.42 Å². The number of fused-ring (bicyclic) bond motifs is 1. The number of allylic oxidation sites excluding steroid dienone is 2. The molecule has 2 heterocycles. The second-order valence-corrected chi connectivity index (χ2v) is 11.9. The Labute approximate surface area is 214 Å². The number of hydrogen-bond donors (Lipinski definition) is 0. The molecule has 1 atom stereocenters. The zero-order valence-electron chi connectivity index (χ0n) is 21.3. The Bertz CT molecular complexity index is 1310. The SMILES string of the molecule is C=C(C=CC1=C(C)C2(OCCCO2)C(=O)N1CCCC)S(=O)(=O)C(C)Cc1cccc2ccccc12. The number of amides is 1. The first-order valence-corrected chi connectivity index (χ1v) is 14.2. The van der Waals surface area contributed by atoms with Crippen LogP contribution in [0.1, 0.15) is 45.6 Å². The average Bonchev–Trinajstić information content (AvgIpc) is 3.07. The lowest BCUT2D eigenvalue weighted by Crippen LogP contribution is -2.50. The molecular formula is C29H35NO5S. The van der Waals surface area contributed by atoms with E-state index in [-0.39, 0.29) is 10.8 Å². The monoisotopic (exact) mass is 509 g/mol. The van der Waals surface area contributed by atoms with E-state index in [1.165, 1.54) is 6.08 Å². The van der Waals surface area contributed by atoms with Crippen LogP contribution in [0.3, 0.4) is 0 Å². The molecule has 6 nitrogen and oxygen atoms in total. The summed E-state index contributed by atoms with van der Waals surface area (Å²) in [5.41, 5.74) is 2.25. The van der Waals surface area contributed by atoms with Crippen LogP contribution in [0.25, 0.3) is 10.8 Å². The molecule has 1 amide bonds. The first-order valence-electron chi connectivity index (χ1n) is 12.6. The third kappa shape index (κ3) is 4.80. The zero-order valence-corrected chi connectivity index (χ0v) is 22.1. The van der Waals surface area contributed by atoms with Crippen LogP contribution < -0.4 is 0 Å². The highest BCUT2D eigenvalue weighted by molar-refractivity contribution is 7.96. The van der Waals surface area contributed by atoms with E-state index in [0.29, 0.717) is 37.4 Å². The summed E-state index contributed by atoms with van der Waals surface area (Å²) in [5.74, 6) is -1.65. The van der Waals surface area contributed by atoms with E-state index in [0.717, 1.165) is 35.6 Å². The van der Waals surface area contributed by atoms with Crippen LogP contribution in [0, 0.1) is 0 Å². The lowest BCUT2D eigenvalue weighted by Gasteiger charge is -2.33. The van der Waals surface area contributed by atoms with Crippen LogP contribution in [-0.4, -0.2) is 50.0 Å². The van der Waals surface area contributed by atoms with Gasteiger partial charge in [0.1, 0.15) is 0 Å². The van der Waals surface area contributed by atoms with Crippen molar-refractivity contribution in [3.05, 3.63) is 82.9 Å². The van der Waals surface area contributed by atoms with Crippen molar-refractivity contribution in [3.63, 3.8) is 0 Å². The van der Waals surface area contributed by atoms with Crippen molar-refractivity contribution < 1.29 is 22.7 Å². The van der Waals surface area contributed by atoms with E-state index in [1.54, 1.807) is 17.9 Å². The van der Waals surface area contributed by atoms with Crippen LogP contribution in [0.5, 0.6) is 0 Å². The van der Waals surface area contributed by atoms with Gasteiger partial charge in [-0.05, 0) is 61.6 Å². The molecule has 36 heavy (non-hydrogen) atoms. The molecule has 0 N–H and O–H groups in total. The van der Waals surface area contributed by atoms with E-state index in [4.69, 9.17) is 9.47 Å². The highest BCUT2D eigenvalue weighted by Crippen LogP contribution is 2.40. The minimum atomic E-state index is -3.67. The number of sulfone groups is 1.